The van der Waals surface area contributed by atoms with Crippen molar-refractivity contribution < 1.29 is 23.9 Å². The number of esters is 1. The molecule has 1 amide bonds. The largest absolute Gasteiger partial charge is 0.497 e. The first kappa shape index (κ1) is 25.3. The molecular weight excluding hydrogens is 492 g/mol. The minimum atomic E-state index is -0.383. The van der Waals surface area contributed by atoms with Crippen LogP contribution in [-0.4, -0.2) is 42.1 Å². The Labute approximate surface area is 227 Å². The lowest BCUT2D eigenvalue weighted by Gasteiger charge is -2.36. The van der Waals surface area contributed by atoms with Crippen LogP contribution in [0.4, 0.5) is 0 Å². The van der Waals surface area contributed by atoms with E-state index >= 15 is 0 Å². The van der Waals surface area contributed by atoms with Gasteiger partial charge in [0.05, 0.1) is 24.8 Å². The Balaban J connectivity index is 1.20. The Hall–Kier alpha value is -4.00. The van der Waals surface area contributed by atoms with E-state index in [1.54, 1.807) is 7.11 Å². The predicted octanol–water partition coefficient (Wildman–Crippen LogP) is 5.46. The van der Waals surface area contributed by atoms with Crippen molar-refractivity contribution in [1.82, 2.24) is 5.01 Å². The van der Waals surface area contributed by atoms with E-state index in [2.05, 4.69) is 24.3 Å². The summed E-state index contributed by atoms with van der Waals surface area (Å²) in [6, 6.07) is 21.6. The Morgan fingerprint density at radius 3 is 2.38 bits per heavy atom. The fourth-order valence-electron chi connectivity index (χ4n) is 6.36. The van der Waals surface area contributed by atoms with Gasteiger partial charge < -0.3 is 9.47 Å². The average Bonchev–Trinajstić information content (AvgIpc) is 3.41. The van der Waals surface area contributed by atoms with E-state index in [1.807, 2.05) is 42.5 Å². The Bertz CT molecular complexity index is 1430. The molecule has 6 rings (SSSR count). The highest BCUT2D eigenvalue weighted by molar-refractivity contribution is 6.05. The third-order valence-electron chi connectivity index (χ3n) is 8.47. The van der Waals surface area contributed by atoms with Gasteiger partial charge in [-0.2, -0.15) is 5.10 Å². The molecule has 7 nitrogen and oxygen atoms in total. The number of hydrogen-bond acceptors (Lipinski definition) is 6. The van der Waals surface area contributed by atoms with Crippen molar-refractivity contribution in [3.63, 3.8) is 0 Å². The molecule has 0 aromatic heterocycles. The van der Waals surface area contributed by atoms with Crippen LogP contribution < -0.4 is 4.74 Å². The number of benzene rings is 3. The number of carbonyl (C=O) groups is 3. The Morgan fingerprint density at radius 1 is 0.949 bits per heavy atom. The highest BCUT2D eigenvalue weighted by Crippen LogP contribution is 2.40. The minimum absolute atomic E-state index is 0.0436. The summed E-state index contributed by atoms with van der Waals surface area (Å²) in [5, 5.41) is 8.45. The predicted molar refractivity (Wildman–Crippen MR) is 147 cm³/mol. The lowest BCUT2D eigenvalue weighted by molar-refractivity contribution is -0.159. The highest BCUT2D eigenvalue weighted by Gasteiger charge is 2.42. The van der Waals surface area contributed by atoms with E-state index in [4.69, 9.17) is 14.6 Å². The van der Waals surface area contributed by atoms with E-state index < -0.39 is 0 Å². The van der Waals surface area contributed by atoms with Gasteiger partial charge in [0, 0.05) is 18.3 Å². The van der Waals surface area contributed by atoms with E-state index in [9.17, 15) is 14.4 Å². The molecular formula is C32H32N2O5. The number of nitrogens with zero attached hydrogens (tertiary/aromatic N) is 2. The monoisotopic (exact) mass is 524 g/mol. The van der Waals surface area contributed by atoms with Gasteiger partial charge in [-0.15, -0.1) is 0 Å². The van der Waals surface area contributed by atoms with Gasteiger partial charge in [-0.1, -0.05) is 55.0 Å². The second kappa shape index (κ2) is 10.6. The first-order valence-electron chi connectivity index (χ1n) is 13.7. The quantitative estimate of drug-likeness (QED) is 0.400. The van der Waals surface area contributed by atoms with E-state index in [1.165, 1.54) is 5.01 Å². The Kier molecular flexibility index (Phi) is 6.90. The summed E-state index contributed by atoms with van der Waals surface area (Å²) in [5.41, 5.74) is 2.69. The summed E-state index contributed by atoms with van der Waals surface area (Å²) < 4.78 is 10.9. The fourth-order valence-corrected chi connectivity index (χ4v) is 6.36. The summed E-state index contributed by atoms with van der Waals surface area (Å²) in [5.74, 6) is -0.126. The van der Waals surface area contributed by atoms with Gasteiger partial charge in [-0.3, -0.25) is 14.4 Å². The second-order valence-corrected chi connectivity index (χ2v) is 10.8. The van der Waals surface area contributed by atoms with Crippen LogP contribution in [0.5, 0.6) is 5.75 Å². The van der Waals surface area contributed by atoms with E-state index in [0.29, 0.717) is 25.0 Å². The van der Waals surface area contributed by atoms with Gasteiger partial charge in [0.25, 0.3) is 5.91 Å². The zero-order valence-electron chi connectivity index (χ0n) is 22.0. The molecule has 2 aliphatic carbocycles. The topological polar surface area (TPSA) is 85.3 Å². The molecule has 0 N–H and O–H groups in total. The molecule has 0 unspecified atom stereocenters. The number of carbonyl (C=O) groups excluding carboxylic acids is 3. The molecule has 200 valence electrons. The molecule has 0 saturated heterocycles. The molecule has 1 aliphatic heterocycles. The van der Waals surface area contributed by atoms with Crippen LogP contribution in [0.1, 0.15) is 55.7 Å². The number of ketones is 1. The second-order valence-electron chi connectivity index (χ2n) is 10.8. The van der Waals surface area contributed by atoms with E-state index in [0.717, 1.165) is 52.6 Å². The first-order chi connectivity index (χ1) is 19.0. The maximum atomic E-state index is 13.4. The molecule has 2 saturated carbocycles. The smallest absolute Gasteiger partial charge is 0.309 e. The fraction of sp³-hybridized carbons (Fsp3) is 0.375. The number of methoxy groups -OCH3 is 1. The third-order valence-corrected chi connectivity index (χ3v) is 8.47. The Morgan fingerprint density at radius 2 is 1.67 bits per heavy atom. The molecule has 0 spiro atoms. The molecule has 1 heterocycles. The summed E-state index contributed by atoms with van der Waals surface area (Å²) in [4.78, 5) is 38.8. The number of hydrazone groups is 1. The molecule has 2 bridgehead atoms. The lowest BCUT2D eigenvalue weighted by Crippen LogP contribution is -2.40. The molecule has 7 heteroatoms. The van der Waals surface area contributed by atoms with E-state index in [-0.39, 0.29) is 42.3 Å². The molecule has 3 aromatic rings. The standard InChI is InChI=1S/C32H32N2O5/c1-38-27-13-11-21(12-14-27)29-18-28(23-10-9-20-5-2-3-6-22(20)15-23)33-34(29)30(35)19-39-32(37)26-16-24-7-4-8-25(17-26)31(24)36/h2-3,5-6,9-15,24-26,29H,4,7-8,16-19H2,1H3/t24-,25-,29-/m0/s1. The van der Waals surface area contributed by atoms with Crippen LogP contribution in [0.15, 0.2) is 71.8 Å². The van der Waals surface area contributed by atoms with Crippen LogP contribution in [0.25, 0.3) is 10.8 Å². The van der Waals surface area contributed by atoms with Crippen LogP contribution in [0.3, 0.4) is 0 Å². The molecule has 3 atom stereocenters. The number of ether oxygens (including phenoxy) is 2. The summed E-state index contributed by atoms with van der Waals surface area (Å²) in [6.07, 6.45) is 4.35. The number of amides is 1. The van der Waals surface area contributed by atoms with Crippen LogP contribution in [0.2, 0.25) is 0 Å². The van der Waals surface area contributed by atoms with Crippen molar-refractivity contribution >= 4 is 34.1 Å². The molecule has 0 radical (unpaired) electrons. The zero-order valence-corrected chi connectivity index (χ0v) is 22.0. The minimum Gasteiger partial charge on any atom is -0.497 e. The van der Waals surface area contributed by atoms with Crippen molar-refractivity contribution in [2.24, 2.45) is 22.9 Å². The summed E-state index contributed by atoms with van der Waals surface area (Å²) in [7, 11) is 1.62. The van der Waals surface area contributed by atoms with Gasteiger partial charge in [0.1, 0.15) is 11.5 Å². The maximum absolute atomic E-state index is 13.4. The molecule has 3 aliphatic rings. The first-order valence-corrected chi connectivity index (χ1v) is 13.7. The van der Waals surface area contributed by atoms with Crippen LogP contribution >= 0.6 is 0 Å². The van der Waals surface area contributed by atoms with Gasteiger partial charge in [-0.25, -0.2) is 5.01 Å². The van der Waals surface area contributed by atoms with Crippen LogP contribution in [-0.2, 0) is 19.1 Å². The number of rotatable bonds is 6. The van der Waals surface area contributed by atoms with Gasteiger partial charge in [0.15, 0.2) is 6.61 Å². The van der Waals surface area contributed by atoms with Crippen LogP contribution in [0, 0.1) is 17.8 Å². The molecule has 3 aromatic carbocycles. The van der Waals surface area contributed by atoms with Gasteiger partial charge >= 0.3 is 5.97 Å². The average molecular weight is 525 g/mol. The number of Topliss-reactive ketones (excluding diaryl/α,β-unsaturated/α-hetero) is 1. The lowest BCUT2D eigenvalue weighted by atomic mass is 9.67. The van der Waals surface area contributed by atoms with Crippen molar-refractivity contribution in [2.45, 2.75) is 44.6 Å². The normalized spacial score (nSPS) is 24.4. The van der Waals surface area contributed by atoms with Crippen molar-refractivity contribution in [2.75, 3.05) is 13.7 Å². The maximum Gasteiger partial charge on any atom is 0.309 e. The SMILES string of the molecule is COc1ccc([C@@H]2CC(c3ccc4ccccc4c3)=NN2C(=O)COC(=O)C2C[C@@H]3CCC[C@@H](C2)C3=O)cc1. The summed E-state index contributed by atoms with van der Waals surface area (Å²) in [6.45, 7) is -0.375. The van der Waals surface area contributed by atoms with Gasteiger partial charge in [0.2, 0.25) is 0 Å². The van der Waals surface area contributed by atoms with Crippen molar-refractivity contribution in [3.05, 3.63) is 77.9 Å². The number of fused-ring (bicyclic) bond motifs is 3. The molecule has 2 fully saturated rings. The number of hydrogen-bond donors (Lipinski definition) is 0. The summed E-state index contributed by atoms with van der Waals surface area (Å²) >= 11 is 0. The van der Waals surface area contributed by atoms with Crippen molar-refractivity contribution in [1.29, 1.82) is 0 Å². The van der Waals surface area contributed by atoms with Crippen molar-refractivity contribution in [3.8, 4) is 5.75 Å². The zero-order chi connectivity index (χ0) is 26.9. The highest BCUT2D eigenvalue weighted by atomic mass is 16.5. The van der Waals surface area contributed by atoms with Gasteiger partial charge in [-0.05, 0) is 65.8 Å². The third kappa shape index (κ3) is 5.05. The molecule has 39 heavy (non-hydrogen) atoms.